The largest absolute Gasteiger partial charge is 0.496 e. The lowest BCUT2D eigenvalue weighted by Crippen LogP contribution is -2.23. The van der Waals surface area contributed by atoms with E-state index in [1.807, 2.05) is 38.1 Å². The first-order valence-corrected chi connectivity index (χ1v) is 8.93. The number of aryl methyl sites for hydroxylation is 2. The zero-order valence-electron chi connectivity index (χ0n) is 17.0. The number of hydrogen-bond acceptors (Lipinski definition) is 7. The Balaban J connectivity index is 1.97. The summed E-state index contributed by atoms with van der Waals surface area (Å²) in [5.74, 6) is 1.28. The minimum Gasteiger partial charge on any atom is -0.496 e. The van der Waals surface area contributed by atoms with Crippen molar-refractivity contribution in [3.63, 3.8) is 0 Å². The molecular formula is C20H23N5O4. The molecule has 3 aromatic rings. The van der Waals surface area contributed by atoms with E-state index in [9.17, 15) is 4.79 Å². The fraction of sp³-hybridized carbons (Fsp3) is 0.300. The topological polar surface area (TPSA) is 92.8 Å². The van der Waals surface area contributed by atoms with Crippen LogP contribution in [-0.4, -0.2) is 39.7 Å². The number of ether oxygens (including phenoxy) is 2. The Morgan fingerprint density at radius 3 is 2.59 bits per heavy atom. The van der Waals surface area contributed by atoms with Crippen LogP contribution in [0.2, 0.25) is 0 Å². The lowest BCUT2D eigenvalue weighted by molar-refractivity contribution is 0.213. The highest BCUT2D eigenvalue weighted by atomic mass is 16.6. The standard InChI is InChI=1S/C20H23N5O4/c1-13-9-10-15(14(2)21-28-5)11-19(13)29-12-16-17(7-6-8-18(16)27-4)25-20(26)24(3)22-23-25/h6-11H,12H2,1-5H3. The van der Waals surface area contributed by atoms with Crippen molar-refractivity contribution in [2.45, 2.75) is 20.5 Å². The third kappa shape index (κ3) is 4.13. The smallest absolute Gasteiger partial charge is 0.368 e. The van der Waals surface area contributed by atoms with E-state index in [4.69, 9.17) is 14.3 Å². The molecule has 0 saturated carbocycles. The van der Waals surface area contributed by atoms with Crippen LogP contribution in [0.15, 0.2) is 46.3 Å². The van der Waals surface area contributed by atoms with Crippen LogP contribution in [0.1, 0.15) is 23.6 Å². The van der Waals surface area contributed by atoms with Crippen LogP contribution in [0, 0.1) is 6.92 Å². The second-order valence-electron chi connectivity index (χ2n) is 6.38. The van der Waals surface area contributed by atoms with Crippen molar-refractivity contribution in [2.75, 3.05) is 14.2 Å². The first kappa shape index (κ1) is 20.1. The van der Waals surface area contributed by atoms with E-state index in [0.717, 1.165) is 21.5 Å². The fourth-order valence-corrected chi connectivity index (χ4v) is 2.87. The molecule has 1 heterocycles. The molecule has 0 atom stereocenters. The van der Waals surface area contributed by atoms with Gasteiger partial charge < -0.3 is 14.3 Å². The number of benzene rings is 2. The summed E-state index contributed by atoms with van der Waals surface area (Å²) >= 11 is 0. The van der Waals surface area contributed by atoms with Crippen LogP contribution in [-0.2, 0) is 18.5 Å². The quantitative estimate of drug-likeness (QED) is 0.448. The van der Waals surface area contributed by atoms with Gasteiger partial charge in [0.1, 0.15) is 25.2 Å². The minimum atomic E-state index is -0.357. The molecule has 0 aliphatic carbocycles. The summed E-state index contributed by atoms with van der Waals surface area (Å²) in [6.45, 7) is 3.99. The fourth-order valence-electron chi connectivity index (χ4n) is 2.87. The summed E-state index contributed by atoms with van der Waals surface area (Å²) in [4.78, 5) is 17.2. The van der Waals surface area contributed by atoms with E-state index in [1.165, 1.54) is 11.8 Å². The van der Waals surface area contributed by atoms with Crippen molar-refractivity contribution in [2.24, 2.45) is 12.2 Å². The molecule has 3 rings (SSSR count). The van der Waals surface area contributed by atoms with E-state index in [-0.39, 0.29) is 12.3 Å². The van der Waals surface area contributed by atoms with Crippen molar-refractivity contribution >= 4 is 5.71 Å². The highest BCUT2D eigenvalue weighted by Gasteiger charge is 2.16. The van der Waals surface area contributed by atoms with Gasteiger partial charge in [-0.25, -0.2) is 4.79 Å². The van der Waals surface area contributed by atoms with E-state index in [1.54, 1.807) is 26.3 Å². The summed E-state index contributed by atoms with van der Waals surface area (Å²) in [7, 11) is 4.62. The van der Waals surface area contributed by atoms with Crippen molar-refractivity contribution in [3.8, 4) is 17.2 Å². The number of nitrogens with zero attached hydrogens (tertiary/aromatic N) is 5. The summed E-state index contributed by atoms with van der Waals surface area (Å²) in [6, 6.07) is 11.2. The Bertz CT molecular complexity index is 1100. The second kappa shape index (κ2) is 8.59. The van der Waals surface area contributed by atoms with Gasteiger partial charge in [0.15, 0.2) is 0 Å². The maximum atomic E-state index is 12.3. The van der Waals surface area contributed by atoms with E-state index < -0.39 is 0 Å². The van der Waals surface area contributed by atoms with Crippen LogP contribution < -0.4 is 15.2 Å². The van der Waals surface area contributed by atoms with Gasteiger partial charge in [-0.2, -0.15) is 9.36 Å². The van der Waals surface area contributed by atoms with Crippen LogP contribution in [0.25, 0.3) is 5.69 Å². The zero-order chi connectivity index (χ0) is 21.0. The van der Waals surface area contributed by atoms with Crippen molar-refractivity contribution in [1.82, 2.24) is 19.8 Å². The van der Waals surface area contributed by atoms with Crippen LogP contribution in [0.3, 0.4) is 0 Å². The molecule has 9 nitrogen and oxygen atoms in total. The van der Waals surface area contributed by atoms with Gasteiger partial charge in [-0.15, -0.1) is 0 Å². The van der Waals surface area contributed by atoms with Gasteiger partial charge in [0.05, 0.1) is 24.1 Å². The number of tetrazole rings is 1. The Hall–Kier alpha value is -3.62. The molecular weight excluding hydrogens is 374 g/mol. The average Bonchev–Trinajstić information content (AvgIpc) is 3.05. The SMILES string of the molecule is CON=C(C)c1ccc(C)c(OCc2c(OC)cccc2-n2nnn(C)c2=O)c1. The van der Waals surface area contributed by atoms with E-state index >= 15 is 0 Å². The molecule has 1 aromatic heterocycles. The molecule has 0 bridgehead atoms. The predicted octanol–water partition coefficient (Wildman–Crippen LogP) is 2.23. The lowest BCUT2D eigenvalue weighted by Gasteiger charge is -2.15. The number of methoxy groups -OCH3 is 1. The second-order valence-corrected chi connectivity index (χ2v) is 6.38. The Morgan fingerprint density at radius 2 is 1.93 bits per heavy atom. The molecule has 29 heavy (non-hydrogen) atoms. The van der Waals surface area contributed by atoms with Crippen LogP contribution in [0.4, 0.5) is 0 Å². The molecule has 0 N–H and O–H groups in total. The number of rotatable bonds is 7. The molecule has 2 aromatic carbocycles. The third-order valence-corrected chi connectivity index (χ3v) is 4.48. The normalized spacial score (nSPS) is 11.4. The predicted molar refractivity (Wildman–Crippen MR) is 108 cm³/mol. The number of oxime groups is 1. The van der Waals surface area contributed by atoms with Crippen molar-refractivity contribution in [3.05, 3.63) is 63.6 Å². The molecule has 152 valence electrons. The van der Waals surface area contributed by atoms with E-state index in [0.29, 0.717) is 22.7 Å². The lowest BCUT2D eigenvalue weighted by atomic mass is 10.1. The van der Waals surface area contributed by atoms with Gasteiger partial charge in [0.25, 0.3) is 0 Å². The van der Waals surface area contributed by atoms with Gasteiger partial charge in [0.2, 0.25) is 0 Å². The van der Waals surface area contributed by atoms with Crippen molar-refractivity contribution < 1.29 is 14.3 Å². The summed E-state index contributed by atoms with van der Waals surface area (Å²) in [6.07, 6.45) is 0. The molecule has 9 heteroatoms. The summed E-state index contributed by atoms with van der Waals surface area (Å²) in [5.41, 5.74) is 3.47. The molecule has 0 unspecified atom stereocenters. The average molecular weight is 397 g/mol. The van der Waals surface area contributed by atoms with Crippen LogP contribution in [0.5, 0.6) is 11.5 Å². The van der Waals surface area contributed by atoms with Gasteiger partial charge in [-0.05, 0) is 48.0 Å². The van der Waals surface area contributed by atoms with Gasteiger partial charge in [0, 0.05) is 12.6 Å². The maximum absolute atomic E-state index is 12.3. The Morgan fingerprint density at radius 1 is 1.14 bits per heavy atom. The summed E-state index contributed by atoms with van der Waals surface area (Å²) < 4.78 is 14.0. The Kier molecular flexibility index (Phi) is 5.96. The van der Waals surface area contributed by atoms with Crippen molar-refractivity contribution in [1.29, 1.82) is 0 Å². The zero-order valence-corrected chi connectivity index (χ0v) is 17.0. The summed E-state index contributed by atoms with van der Waals surface area (Å²) in [5, 5.41) is 11.7. The molecule has 0 aliphatic rings. The molecule has 0 aliphatic heterocycles. The third-order valence-electron chi connectivity index (χ3n) is 4.48. The first-order valence-electron chi connectivity index (χ1n) is 8.93. The molecule has 0 radical (unpaired) electrons. The monoisotopic (exact) mass is 397 g/mol. The number of hydrogen-bond donors (Lipinski definition) is 0. The van der Waals surface area contributed by atoms with Crippen LogP contribution >= 0.6 is 0 Å². The molecule has 0 saturated heterocycles. The Labute approximate surface area is 168 Å². The molecule has 0 amide bonds. The van der Waals surface area contributed by atoms with Gasteiger partial charge in [-0.1, -0.05) is 23.4 Å². The van der Waals surface area contributed by atoms with Gasteiger partial charge in [-0.3, -0.25) is 0 Å². The highest BCUT2D eigenvalue weighted by Crippen LogP contribution is 2.28. The van der Waals surface area contributed by atoms with E-state index in [2.05, 4.69) is 15.6 Å². The maximum Gasteiger partial charge on any atom is 0.368 e. The van der Waals surface area contributed by atoms with Gasteiger partial charge >= 0.3 is 5.69 Å². The minimum absolute atomic E-state index is 0.174. The molecule has 0 spiro atoms. The molecule has 0 fully saturated rings. The first-order chi connectivity index (χ1) is 14.0. The number of aromatic nitrogens is 4. The highest BCUT2D eigenvalue weighted by molar-refractivity contribution is 5.98.